The Morgan fingerprint density at radius 2 is 2.07 bits per heavy atom. The molecule has 0 aliphatic rings. The molecule has 2 unspecified atom stereocenters. The van der Waals surface area contributed by atoms with E-state index in [0.717, 1.165) is 5.69 Å². The Morgan fingerprint density at radius 1 is 1.33 bits per heavy atom. The molecule has 0 aliphatic heterocycles. The van der Waals surface area contributed by atoms with Crippen LogP contribution in [0.5, 0.6) is 0 Å². The highest BCUT2D eigenvalue weighted by atomic mass is 16.3. The van der Waals surface area contributed by atoms with Gasteiger partial charge in [0.15, 0.2) is 0 Å². The van der Waals surface area contributed by atoms with Crippen LogP contribution < -0.4 is 5.32 Å². The molecule has 1 aromatic rings. The van der Waals surface area contributed by atoms with Gasteiger partial charge in [-0.05, 0) is 24.1 Å². The number of anilines is 1. The van der Waals surface area contributed by atoms with Crippen LogP contribution in [-0.2, 0) is 0 Å². The van der Waals surface area contributed by atoms with Gasteiger partial charge in [0.2, 0.25) is 0 Å². The molecule has 0 aliphatic carbocycles. The molecule has 0 radical (unpaired) electrons. The Labute approximate surface area is 89.2 Å². The Morgan fingerprint density at radius 3 is 2.67 bits per heavy atom. The molecule has 0 heterocycles. The first kappa shape index (κ1) is 12.0. The van der Waals surface area contributed by atoms with Gasteiger partial charge >= 0.3 is 0 Å². The van der Waals surface area contributed by atoms with E-state index in [0.29, 0.717) is 5.56 Å². The smallest absolute Gasteiger partial charge is 0.105 e. The summed E-state index contributed by atoms with van der Waals surface area (Å²) in [6.45, 7) is -0.135. The molecule has 4 heteroatoms. The van der Waals surface area contributed by atoms with Crippen LogP contribution in [-0.4, -0.2) is 35.1 Å². The first-order valence-corrected chi connectivity index (χ1v) is 4.93. The van der Waals surface area contributed by atoms with Gasteiger partial charge in [-0.2, -0.15) is 0 Å². The van der Waals surface area contributed by atoms with Gasteiger partial charge in [0.25, 0.3) is 0 Å². The lowest BCUT2D eigenvalue weighted by molar-refractivity contribution is 0.00425. The Balaban J connectivity index is 2.76. The van der Waals surface area contributed by atoms with Crippen molar-refractivity contribution in [3.63, 3.8) is 0 Å². The summed E-state index contributed by atoms with van der Waals surface area (Å²) in [6.07, 6.45) is -1.71. The Kier molecular flexibility index (Phi) is 4.55. The second kappa shape index (κ2) is 5.70. The highest BCUT2D eigenvalue weighted by Gasteiger charge is 2.17. The van der Waals surface area contributed by atoms with Crippen molar-refractivity contribution in [2.75, 3.05) is 19.0 Å². The van der Waals surface area contributed by atoms with Gasteiger partial charge in [0.1, 0.15) is 6.10 Å². The fraction of sp³-hybridized carbons (Fsp3) is 0.455. The van der Waals surface area contributed by atoms with Gasteiger partial charge in [0.05, 0.1) is 6.10 Å². The molecule has 1 rings (SSSR count). The minimum atomic E-state index is -0.953. The van der Waals surface area contributed by atoms with Crippen LogP contribution in [0.15, 0.2) is 24.3 Å². The molecule has 0 bridgehead atoms. The SMILES string of the molecule is CNc1cccc(C(O)C(O)CCO)c1. The van der Waals surface area contributed by atoms with Crippen LogP contribution in [0.1, 0.15) is 18.1 Å². The molecule has 4 N–H and O–H groups in total. The van der Waals surface area contributed by atoms with E-state index in [2.05, 4.69) is 5.32 Å². The molecule has 0 saturated carbocycles. The summed E-state index contributed by atoms with van der Waals surface area (Å²) < 4.78 is 0. The van der Waals surface area contributed by atoms with E-state index in [-0.39, 0.29) is 13.0 Å². The molecule has 0 fully saturated rings. The van der Waals surface area contributed by atoms with Gasteiger partial charge in [-0.1, -0.05) is 12.1 Å². The largest absolute Gasteiger partial charge is 0.396 e. The zero-order chi connectivity index (χ0) is 11.3. The highest BCUT2D eigenvalue weighted by Crippen LogP contribution is 2.21. The van der Waals surface area contributed by atoms with Crippen molar-refractivity contribution in [1.29, 1.82) is 0 Å². The molecular formula is C11H17NO3. The lowest BCUT2D eigenvalue weighted by atomic mass is 10.0. The van der Waals surface area contributed by atoms with Crippen molar-refractivity contribution >= 4 is 5.69 Å². The monoisotopic (exact) mass is 211 g/mol. The molecule has 0 amide bonds. The number of benzene rings is 1. The number of hydrogen-bond donors (Lipinski definition) is 4. The average molecular weight is 211 g/mol. The first-order valence-electron chi connectivity index (χ1n) is 4.93. The minimum absolute atomic E-state index is 0.135. The zero-order valence-corrected chi connectivity index (χ0v) is 8.72. The molecule has 1 aromatic carbocycles. The van der Waals surface area contributed by atoms with Gasteiger partial charge < -0.3 is 20.6 Å². The van der Waals surface area contributed by atoms with Gasteiger partial charge in [-0.3, -0.25) is 0 Å². The lowest BCUT2D eigenvalue weighted by Gasteiger charge is -2.17. The minimum Gasteiger partial charge on any atom is -0.396 e. The van der Waals surface area contributed by atoms with Crippen molar-refractivity contribution in [1.82, 2.24) is 0 Å². The van der Waals surface area contributed by atoms with Crippen LogP contribution in [0.25, 0.3) is 0 Å². The Hall–Kier alpha value is -1.10. The van der Waals surface area contributed by atoms with E-state index in [9.17, 15) is 10.2 Å². The summed E-state index contributed by atoms with van der Waals surface area (Å²) >= 11 is 0. The maximum Gasteiger partial charge on any atom is 0.105 e. The molecule has 84 valence electrons. The predicted molar refractivity (Wildman–Crippen MR) is 58.7 cm³/mol. The van der Waals surface area contributed by atoms with E-state index in [4.69, 9.17) is 5.11 Å². The van der Waals surface area contributed by atoms with Crippen molar-refractivity contribution in [2.45, 2.75) is 18.6 Å². The summed E-state index contributed by atoms with van der Waals surface area (Å²) in [5, 5.41) is 30.9. The van der Waals surface area contributed by atoms with Crippen LogP contribution in [0, 0.1) is 0 Å². The molecular weight excluding hydrogens is 194 g/mol. The van der Waals surface area contributed by atoms with Crippen LogP contribution in [0.4, 0.5) is 5.69 Å². The number of aliphatic hydroxyl groups is 3. The Bertz CT molecular complexity index is 304. The summed E-state index contributed by atoms with van der Waals surface area (Å²) in [6, 6.07) is 7.18. The lowest BCUT2D eigenvalue weighted by Crippen LogP contribution is -2.19. The van der Waals surface area contributed by atoms with E-state index in [1.165, 1.54) is 0 Å². The molecule has 4 nitrogen and oxygen atoms in total. The number of rotatable bonds is 5. The standard InChI is InChI=1S/C11H17NO3/c1-12-9-4-2-3-8(7-9)11(15)10(14)5-6-13/h2-4,7,10-15H,5-6H2,1H3. The third-order valence-corrected chi connectivity index (χ3v) is 2.31. The maximum absolute atomic E-state index is 9.75. The molecule has 2 atom stereocenters. The maximum atomic E-state index is 9.75. The van der Waals surface area contributed by atoms with Gasteiger partial charge in [0, 0.05) is 19.3 Å². The predicted octanol–water partition coefficient (Wildman–Crippen LogP) is 0.505. The summed E-state index contributed by atoms with van der Waals surface area (Å²) in [7, 11) is 1.79. The summed E-state index contributed by atoms with van der Waals surface area (Å²) in [5.41, 5.74) is 1.52. The molecule has 15 heavy (non-hydrogen) atoms. The normalized spacial score (nSPS) is 14.7. The van der Waals surface area contributed by atoms with Gasteiger partial charge in [-0.15, -0.1) is 0 Å². The van der Waals surface area contributed by atoms with Crippen LogP contribution >= 0.6 is 0 Å². The quantitative estimate of drug-likeness (QED) is 0.572. The molecule has 0 aromatic heterocycles. The average Bonchev–Trinajstić information content (AvgIpc) is 2.28. The van der Waals surface area contributed by atoms with E-state index >= 15 is 0 Å². The van der Waals surface area contributed by atoms with E-state index in [1.807, 2.05) is 6.07 Å². The molecule has 0 saturated heterocycles. The van der Waals surface area contributed by atoms with Crippen LogP contribution in [0.2, 0.25) is 0 Å². The molecule has 0 spiro atoms. The van der Waals surface area contributed by atoms with Gasteiger partial charge in [-0.25, -0.2) is 0 Å². The third kappa shape index (κ3) is 3.20. The van der Waals surface area contributed by atoms with Crippen molar-refractivity contribution in [3.8, 4) is 0 Å². The number of aliphatic hydroxyl groups excluding tert-OH is 3. The number of hydrogen-bond acceptors (Lipinski definition) is 4. The first-order chi connectivity index (χ1) is 7.19. The fourth-order valence-corrected chi connectivity index (χ4v) is 1.39. The summed E-state index contributed by atoms with van der Waals surface area (Å²) in [5.74, 6) is 0. The topological polar surface area (TPSA) is 72.7 Å². The fourth-order valence-electron chi connectivity index (χ4n) is 1.39. The zero-order valence-electron chi connectivity index (χ0n) is 8.72. The number of nitrogens with one attached hydrogen (secondary N) is 1. The third-order valence-electron chi connectivity index (χ3n) is 2.31. The summed E-state index contributed by atoms with van der Waals surface area (Å²) in [4.78, 5) is 0. The second-order valence-electron chi connectivity index (χ2n) is 3.40. The highest BCUT2D eigenvalue weighted by molar-refractivity contribution is 5.45. The van der Waals surface area contributed by atoms with E-state index in [1.54, 1.807) is 25.2 Å². The van der Waals surface area contributed by atoms with Crippen molar-refractivity contribution in [2.24, 2.45) is 0 Å². The van der Waals surface area contributed by atoms with E-state index < -0.39 is 12.2 Å². The van der Waals surface area contributed by atoms with Crippen molar-refractivity contribution < 1.29 is 15.3 Å². The second-order valence-corrected chi connectivity index (χ2v) is 3.40. The van der Waals surface area contributed by atoms with Crippen molar-refractivity contribution in [3.05, 3.63) is 29.8 Å². The van der Waals surface area contributed by atoms with Crippen LogP contribution in [0.3, 0.4) is 0 Å².